The zero-order valence-corrected chi connectivity index (χ0v) is 20.1. The third-order valence-electron chi connectivity index (χ3n) is 6.49. The molecule has 1 saturated carbocycles. The third-order valence-corrected chi connectivity index (χ3v) is 6.74. The molecule has 0 aromatic heterocycles. The number of ether oxygens (including phenoxy) is 3. The number of rotatable bonds is 4. The van der Waals surface area contributed by atoms with Crippen LogP contribution < -0.4 is 19.9 Å². The van der Waals surface area contributed by atoms with E-state index in [-0.39, 0.29) is 23.6 Å². The van der Waals surface area contributed by atoms with E-state index < -0.39 is 5.60 Å². The van der Waals surface area contributed by atoms with Crippen molar-refractivity contribution in [1.29, 1.82) is 0 Å². The molecule has 178 valence electrons. The molecule has 2 N–H and O–H groups in total. The van der Waals surface area contributed by atoms with Crippen molar-refractivity contribution in [2.24, 2.45) is 5.73 Å². The van der Waals surface area contributed by atoms with E-state index in [0.717, 1.165) is 41.0 Å². The lowest BCUT2D eigenvalue weighted by atomic mass is 9.74. The van der Waals surface area contributed by atoms with E-state index >= 15 is 0 Å². The van der Waals surface area contributed by atoms with E-state index in [4.69, 9.17) is 25.8 Å². The average molecular weight is 484 g/mol. The average Bonchev–Trinajstić information content (AvgIpc) is 3.33. The Labute approximate surface area is 203 Å². The molecule has 1 heterocycles. The number of halogens is 2. The van der Waals surface area contributed by atoms with Crippen molar-refractivity contribution in [2.45, 2.75) is 37.2 Å². The molecule has 0 bridgehead atoms. The van der Waals surface area contributed by atoms with E-state index in [9.17, 15) is 9.18 Å². The fourth-order valence-electron chi connectivity index (χ4n) is 5.29. The lowest BCUT2D eigenvalue weighted by molar-refractivity contribution is -0.115. The fraction of sp³-hybridized carbons (Fsp3) is 0.296. The van der Waals surface area contributed by atoms with Gasteiger partial charge in [0, 0.05) is 41.5 Å². The number of nitrogens with two attached hydrogens (primary N) is 1. The number of benzene rings is 3. The Kier molecular flexibility index (Phi) is 6.71. The van der Waals surface area contributed by atoms with Crippen LogP contribution in [0.15, 0.2) is 60.7 Å². The van der Waals surface area contributed by atoms with Gasteiger partial charge >= 0.3 is 0 Å². The molecule has 1 aliphatic carbocycles. The Morgan fingerprint density at radius 3 is 2.35 bits per heavy atom. The molecule has 0 spiro atoms. The highest BCUT2D eigenvalue weighted by Crippen LogP contribution is 2.66. The van der Waals surface area contributed by atoms with E-state index in [1.165, 1.54) is 13.0 Å². The van der Waals surface area contributed by atoms with Crippen LogP contribution in [0.4, 0.5) is 4.39 Å². The van der Waals surface area contributed by atoms with Crippen LogP contribution in [-0.4, -0.2) is 20.1 Å². The summed E-state index contributed by atoms with van der Waals surface area (Å²) >= 11 is 6.18. The topological polar surface area (TPSA) is 70.8 Å². The van der Waals surface area contributed by atoms with Crippen molar-refractivity contribution in [1.82, 2.24) is 0 Å². The van der Waals surface area contributed by atoms with Gasteiger partial charge in [0.05, 0.1) is 14.2 Å². The first kappa shape index (κ1) is 23.9. The van der Waals surface area contributed by atoms with Crippen LogP contribution in [0.3, 0.4) is 0 Å². The lowest BCUT2D eigenvalue weighted by Crippen LogP contribution is -2.36. The first-order chi connectivity index (χ1) is 16.3. The van der Waals surface area contributed by atoms with Gasteiger partial charge in [-0.25, -0.2) is 4.39 Å². The predicted molar refractivity (Wildman–Crippen MR) is 129 cm³/mol. The summed E-state index contributed by atoms with van der Waals surface area (Å²) in [5, 5.41) is 0.668. The molecule has 1 fully saturated rings. The van der Waals surface area contributed by atoms with Crippen molar-refractivity contribution >= 4 is 17.5 Å². The smallest absolute Gasteiger partial charge is 0.214 e. The molecule has 2 aliphatic rings. The van der Waals surface area contributed by atoms with Gasteiger partial charge in [0.1, 0.15) is 28.7 Å². The van der Waals surface area contributed by atoms with Crippen molar-refractivity contribution < 1.29 is 23.4 Å². The van der Waals surface area contributed by atoms with E-state index in [1.54, 1.807) is 26.4 Å². The first-order valence-corrected chi connectivity index (χ1v) is 11.4. The largest absolute Gasteiger partial charge is 0.496 e. The van der Waals surface area contributed by atoms with Gasteiger partial charge in [-0.2, -0.15) is 0 Å². The maximum absolute atomic E-state index is 14.1. The van der Waals surface area contributed by atoms with E-state index in [0.29, 0.717) is 10.8 Å². The second kappa shape index (κ2) is 9.55. The Balaban J connectivity index is 0.000000636. The fourth-order valence-corrected chi connectivity index (χ4v) is 5.41. The van der Waals surface area contributed by atoms with Gasteiger partial charge in [-0.05, 0) is 48.2 Å². The molecule has 3 aromatic carbocycles. The molecule has 3 atom stereocenters. The summed E-state index contributed by atoms with van der Waals surface area (Å²) in [6, 6.07) is 18.5. The quantitative estimate of drug-likeness (QED) is 0.498. The van der Waals surface area contributed by atoms with Crippen molar-refractivity contribution in [3.63, 3.8) is 0 Å². The number of primary amides is 1. The minimum absolute atomic E-state index is 0.0116. The normalized spacial score (nSPS) is 22.0. The summed E-state index contributed by atoms with van der Waals surface area (Å²) in [6.45, 7) is 1.31. The van der Waals surface area contributed by atoms with Crippen LogP contribution in [-0.2, 0) is 10.4 Å². The van der Waals surface area contributed by atoms with Crippen LogP contribution in [0, 0.1) is 5.82 Å². The molecule has 1 amide bonds. The summed E-state index contributed by atoms with van der Waals surface area (Å²) in [7, 11) is 3.29. The van der Waals surface area contributed by atoms with E-state index in [1.807, 2.05) is 42.5 Å². The monoisotopic (exact) mass is 483 g/mol. The number of amides is 1. The molecular formula is C27H27ClFNO4. The molecule has 5 nitrogen and oxygen atoms in total. The zero-order valence-electron chi connectivity index (χ0n) is 19.3. The third kappa shape index (κ3) is 4.18. The summed E-state index contributed by atoms with van der Waals surface area (Å²) in [4.78, 5) is 9.22. The molecular weight excluding hydrogens is 457 g/mol. The Morgan fingerprint density at radius 1 is 1.06 bits per heavy atom. The maximum atomic E-state index is 14.1. The molecule has 2 unspecified atom stereocenters. The maximum Gasteiger partial charge on any atom is 0.214 e. The highest BCUT2D eigenvalue weighted by molar-refractivity contribution is 6.30. The molecule has 3 aromatic rings. The van der Waals surface area contributed by atoms with Gasteiger partial charge in [-0.15, -0.1) is 0 Å². The predicted octanol–water partition coefficient (Wildman–Crippen LogP) is 5.94. The SMILES string of the molecule is CC(N)=O.COc1cc(OC)c2c(c1)OC1(c3ccc(Cl)cc3)C2CC[C@@H]1c1cccc(F)c1. The number of carbonyl (C=O) groups excluding carboxylic acids is 1. The molecule has 0 radical (unpaired) electrons. The Morgan fingerprint density at radius 2 is 1.74 bits per heavy atom. The molecule has 34 heavy (non-hydrogen) atoms. The molecule has 5 rings (SSSR count). The van der Waals surface area contributed by atoms with Crippen molar-refractivity contribution in [3.05, 3.63) is 88.2 Å². The highest BCUT2D eigenvalue weighted by Gasteiger charge is 2.60. The summed E-state index contributed by atoms with van der Waals surface area (Å²) in [6.07, 6.45) is 1.78. The van der Waals surface area contributed by atoms with Gasteiger partial charge in [0.25, 0.3) is 0 Å². The van der Waals surface area contributed by atoms with Crippen LogP contribution in [0.25, 0.3) is 0 Å². The van der Waals surface area contributed by atoms with Gasteiger partial charge < -0.3 is 19.9 Å². The van der Waals surface area contributed by atoms with Crippen LogP contribution in [0.2, 0.25) is 5.02 Å². The van der Waals surface area contributed by atoms with Crippen LogP contribution >= 0.6 is 11.6 Å². The summed E-state index contributed by atoms with van der Waals surface area (Å²) in [5.74, 6) is 1.68. The highest BCUT2D eigenvalue weighted by atomic mass is 35.5. The van der Waals surface area contributed by atoms with Gasteiger partial charge in [0.2, 0.25) is 5.91 Å². The Bertz CT molecular complexity index is 1200. The number of methoxy groups -OCH3 is 2. The van der Waals surface area contributed by atoms with Crippen molar-refractivity contribution in [3.8, 4) is 17.2 Å². The van der Waals surface area contributed by atoms with Gasteiger partial charge in [-0.1, -0.05) is 35.9 Å². The summed E-state index contributed by atoms with van der Waals surface area (Å²) in [5.41, 5.74) is 6.82. The van der Waals surface area contributed by atoms with Gasteiger partial charge in [-0.3, -0.25) is 4.79 Å². The zero-order chi connectivity index (χ0) is 24.5. The lowest BCUT2D eigenvalue weighted by Gasteiger charge is -2.36. The number of hydrogen-bond acceptors (Lipinski definition) is 4. The minimum atomic E-state index is -0.666. The molecule has 0 saturated heterocycles. The number of carbonyl (C=O) groups is 1. The standard InChI is InChI=1S/C25H22ClFO3.C2H5NO/c1-28-19-13-22(29-2)24-21-11-10-20(15-4-3-5-18(27)12-15)25(21,30-23(24)14-19)16-6-8-17(26)9-7-16;1-2(3)4/h3-9,12-14,20-21H,10-11H2,1-2H3;1H3,(H2,3,4)/t20-,21?,25?;/m1./s1. The second-order valence-electron chi connectivity index (χ2n) is 8.49. The minimum Gasteiger partial charge on any atom is -0.496 e. The number of hydrogen-bond donors (Lipinski definition) is 1. The van der Waals surface area contributed by atoms with Crippen LogP contribution in [0.1, 0.15) is 48.3 Å². The molecule has 7 heteroatoms. The van der Waals surface area contributed by atoms with Gasteiger partial charge in [0.15, 0.2) is 0 Å². The van der Waals surface area contributed by atoms with E-state index in [2.05, 4.69) is 5.73 Å². The second-order valence-corrected chi connectivity index (χ2v) is 8.93. The van der Waals surface area contributed by atoms with Crippen molar-refractivity contribution in [2.75, 3.05) is 14.2 Å². The molecule has 1 aliphatic heterocycles. The first-order valence-electron chi connectivity index (χ1n) is 11.0. The Hall–Kier alpha value is -3.25. The number of fused-ring (bicyclic) bond motifs is 3. The van der Waals surface area contributed by atoms with Crippen LogP contribution in [0.5, 0.6) is 17.2 Å². The summed E-state index contributed by atoms with van der Waals surface area (Å²) < 4.78 is 32.1.